The molecule has 4 rings (SSSR count). The van der Waals surface area contributed by atoms with Crippen molar-refractivity contribution in [1.82, 2.24) is 0 Å². The zero-order valence-corrected chi connectivity index (χ0v) is 17.5. The number of carbonyl (C=O) groups is 1. The zero-order chi connectivity index (χ0) is 21.3. The van der Waals surface area contributed by atoms with E-state index in [0.29, 0.717) is 11.4 Å². The van der Waals surface area contributed by atoms with E-state index in [2.05, 4.69) is 20.9 Å². The van der Waals surface area contributed by atoms with Gasteiger partial charge in [-0.05, 0) is 55.0 Å². The summed E-state index contributed by atoms with van der Waals surface area (Å²) in [6.45, 7) is 1.99. The van der Waals surface area contributed by atoms with Gasteiger partial charge >= 0.3 is 0 Å². The number of aliphatic imine (C=N–C) groups is 1. The van der Waals surface area contributed by atoms with Crippen LogP contribution in [0.5, 0.6) is 0 Å². The summed E-state index contributed by atoms with van der Waals surface area (Å²) in [4.78, 5) is 29.8. The van der Waals surface area contributed by atoms with Crippen molar-refractivity contribution in [2.45, 2.75) is 6.92 Å². The van der Waals surface area contributed by atoms with Crippen LogP contribution in [0.1, 0.15) is 16.7 Å². The molecule has 6 nitrogen and oxygen atoms in total. The van der Waals surface area contributed by atoms with Crippen LogP contribution in [0.25, 0.3) is 6.08 Å². The minimum Gasteiger partial charge on any atom is -0.266 e. The number of rotatable bonds is 4. The van der Waals surface area contributed by atoms with Crippen molar-refractivity contribution < 1.29 is 9.72 Å². The molecule has 1 aliphatic heterocycles. The van der Waals surface area contributed by atoms with Crippen molar-refractivity contribution >= 4 is 45.1 Å². The molecule has 0 fully saturated rings. The first-order chi connectivity index (χ1) is 14.4. The summed E-state index contributed by atoms with van der Waals surface area (Å²) >= 11 is 3.43. The molecule has 0 bridgehead atoms. The smallest absolute Gasteiger partial charge is 0.266 e. The molecule has 1 aliphatic rings. The Kier molecular flexibility index (Phi) is 5.29. The van der Waals surface area contributed by atoms with E-state index < -0.39 is 4.92 Å². The molecule has 0 aromatic heterocycles. The molecule has 0 N–H and O–H groups in total. The predicted octanol–water partition coefficient (Wildman–Crippen LogP) is 5.50. The van der Waals surface area contributed by atoms with Gasteiger partial charge < -0.3 is 0 Å². The number of amidine groups is 1. The molecule has 0 aliphatic carbocycles. The third-order valence-electron chi connectivity index (χ3n) is 4.66. The van der Waals surface area contributed by atoms with Crippen molar-refractivity contribution in [3.63, 3.8) is 0 Å². The van der Waals surface area contributed by atoms with Crippen LogP contribution in [-0.4, -0.2) is 16.7 Å². The number of amides is 1. The Labute approximate surface area is 181 Å². The fourth-order valence-electron chi connectivity index (χ4n) is 3.09. The number of nitro groups is 1. The maximum Gasteiger partial charge on any atom is 0.282 e. The Morgan fingerprint density at radius 3 is 2.20 bits per heavy atom. The highest BCUT2D eigenvalue weighted by Crippen LogP contribution is 2.29. The van der Waals surface area contributed by atoms with Crippen LogP contribution < -0.4 is 4.90 Å². The molecule has 0 radical (unpaired) electrons. The van der Waals surface area contributed by atoms with Gasteiger partial charge in [0, 0.05) is 22.2 Å². The first-order valence-corrected chi connectivity index (χ1v) is 9.93. The van der Waals surface area contributed by atoms with E-state index in [1.807, 2.05) is 55.5 Å². The van der Waals surface area contributed by atoms with Crippen LogP contribution in [0, 0.1) is 17.0 Å². The molecule has 0 unspecified atom stereocenters. The highest BCUT2D eigenvalue weighted by atomic mass is 79.9. The molecule has 1 heterocycles. The summed E-state index contributed by atoms with van der Waals surface area (Å²) in [5, 5.41) is 10.9. The third kappa shape index (κ3) is 3.92. The van der Waals surface area contributed by atoms with Crippen LogP contribution in [-0.2, 0) is 4.79 Å². The average molecular weight is 462 g/mol. The molecule has 148 valence electrons. The molecule has 30 heavy (non-hydrogen) atoms. The molecule has 1 amide bonds. The second kappa shape index (κ2) is 8.04. The number of carbonyl (C=O) groups excluding carboxylic acids is 1. The molecule has 0 saturated carbocycles. The van der Waals surface area contributed by atoms with Gasteiger partial charge in [0.05, 0.1) is 10.6 Å². The molecular formula is C23H16BrN3O3. The Hall–Kier alpha value is -3.58. The third-order valence-corrected chi connectivity index (χ3v) is 5.19. The Morgan fingerprint density at radius 2 is 1.60 bits per heavy atom. The predicted molar refractivity (Wildman–Crippen MR) is 120 cm³/mol. The minimum absolute atomic E-state index is 0.00441. The number of nitrogens with zero attached hydrogens (tertiary/aromatic N) is 3. The Bertz CT molecular complexity index is 1180. The van der Waals surface area contributed by atoms with Crippen LogP contribution in [0.15, 0.2) is 88.0 Å². The van der Waals surface area contributed by atoms with Gasteiger partial charge in [-0.3, -0.25) is 19.8 Å². The van der Waals surface area contributed by atoms with Gasteiger partial charge in [-0.15, -0.1) is 0 Å². The first kappa shape index (κ1) is 19.7. The molecule has 7 heteroatoms. The van der Waals surface area contributed by atoms with Crippen LogP contribution in [0.2, 0.25) is 0 Å². The average Bonchev–Trinajstić information content (AvgIpc) is 3.06. The molecule has 0 spiro atoms. The minimum atomic E-state index is -0.458. The molecule has 0 atom stereocenters. The summed E-state index contributed by atoms with van der Waals surface area (Å²) in [5.41, 5.74) is 3.54. The number of benzene rings is 3. The quantitative estimate of drug-likeness (QED) is 0.292. The molecule has 0 saturated heterocycles. The maximum atomic E-state index is 13.2. The number of aryl methyl sites for hydroxylation is 1. The lowest BCUT2D eigenvalue weighted by molar-refractivity contribution is -0.384. The van der Waals surface area contributed by atoms with Gasteiger partial charge in [-0.25, -0.2) is 4.99 Å². The van der Waals surface area contributed by atoms with Crippen LogP contribution >= 0.6 is 15.9 Å². The van der Waals surface area contributed by atoms with E-state index in [4.69, 9.17) is 0 Å². The fraction of sp³-hybridized carbons (Fsp3) is 0.0435. The van der Waals surface area contributed by atoms with Crippen LogP contribution in [0.4, 0.5) is 11.4 Å². The van der Waals surface area contributed by atoms with E-state index in [1.54, 1.807) is 23.1 Å². The summed E-state index contributed by atoms with van der Waals surface area (Å²) < 4.78 is 0.930. The maximum absolute atomic E-state index is 13.2. The summed E-state index contributed by atoms with van der Waals surface area (Å²) in [5.74, 6) is 0.277. The van der Waals surface area contributed by atoms with Gasteiger partial charge in [-0.1, -0.05) is 45.8 Å². The lowest BCUT2D eigenvalue weighted by Gasteiger charge is -2.18. The molecular weight excluding hydrogens is 446 g/mol. The second-order valence-electron chi connectivity index (χ2n) is 6.80. The number of halogens is 1. The van der Waals surface area contributed by atoms with E-state index >= 15 is 0 Å². The van der Waals surface area contributed by atoms with Gasteiger partial charge in [0.25, 0.3) is 11.6 Å². The molecule has 3 aromatic rings. The van der Waals surface area contributed by atoms with Gasteiger partial charge in [-0.2, -0.15) is 0 Å². The highest BCUT2D eigenvalue weighted by Gasteiger charge is 2.32. The number of anilines is 1. The van der Waals surface area contributed by atoms with E-state index in [0.717, 1.165) is 21.3 Å². The van der Waals surface area contributed by atoms with Crippen molar-refractivity contribution in [1.29, 1.82) is 0 Å². The van der Waals surface area contributed by atoms with Crippen molar-refractivity contribution in [2.24, 2.45) is 4.99 Å². The first-order valence-electron chi connectivity index (χ1n) is 9.14. The fourth-order valence-corrected chi connectivity index (χ4v) is 3.36. The van der Waals surface area contributed by atoms with E-state index in [-0.39, 0.29) is 17.3 Å². The summed E-state index contributed by atoms with van der Waals surface area (Å²) in [6.07, 6.45) is 1.64. The van der Waals surface area contributed by atoms with Crippen molar-refractivity contribution in [3.8, 4) is 0 Å². The van der Waals surface area contributed by atoms with Crippen LogP contribution in [0.3, 0.4) is 0 Å². The summed E-state index contributed by atoms with van der Waals surface area (Å²) in [6, 6.07) is 21.3. The van der Waals surface area contributed by atoms with Gasteiger partial charge in [0.15, 0.2) is 0 Å². The van der Waals surface area contributed by atoms with Gasteiger partial charge in [0.1, 0.15) is 11.5 Å². The summed E-state index contributed by atoms with van der Waals surface area (Å²) in [7, 11) is 0. The Balaban J connectivity index is 1.78. The Morgan fingerprint density at radius 1 is 0.967 bits per heavy atom. The number of non-ortho nitro benzene ring substituents is 1. The standard InChI is InChI=1S/C23H16BrN3O3/c1-15-2-10-19(11-3-15)26-22(17-6-8-18(24)9-7-17)25-21(23(26)28)14-16-4-12-20(13-5-16)27(29)30/h2-14H,1H3/b21-14+. The monoisotopic (exact) mass is 461 g/mol. The van der Waals surface area contributed by atoms with Gasteiger partial charge in [0.2, 0.25) is 0 Å². The van der Waals surface area contributed by atoms with E-state index in [1.165, 1.54) is 12.1 Å². The molecule has 3 aromatic carbocycles. The number of hydrogen-bond donors (Lipinski definition) is 0. The van der Waals surface area contributed by atoms with E-state index in [9.17, 15) is 14.9 Å². The lowest BCUT2D eigenvalue weighted by Crippen LogP contribution is -2.32. The largest absolute Gasteiger partial charge is 0.282 e. The zero-order valence-electron chi connectivity index (χ0n) is 15.9. The SMILES string of the molecule is Cc1ccc(N2C(=O)/C(=C\c3ccc([N+](=O)[O-])cc3)N=C2c2ccc(Br)cc2)cc1. The lowest BCUT2D eigenvalue weighted by atomic mass is 10.1. The van der Waals surface area contributed by atoms with Crippen molar-refractivity contribution in [2.75, 3.05) is 4.90 Å². The highest BCUT2D eigenvalue weighted by molar-refractivity contribution is 9.10. The second-order valence-corrected chi connectivity index (χ2v) is 7.71. The van der Waals surface area contributed by atoms with Crippen molar-refractivity contribution in [3.05, 3.63) is 110 Å². The number of nitro benzene ring substituents is 1. The topological polar surface area (TPSA) is 75.8 Å². The number of hydrogen-bond acceptors (Lipinski definition) is 4. The normalized spacial score (nSPS) is 14.9.